The molecule has 1 aliphatic rings. The number of benzene rings is 1. The lowest BCUT2D eigenvalue weighted by atomic mass is 10.1. The van der Waals surface area contributed by atoms with Gasteiger partial charge in [0.15, 0.2) is 0 Å². The van der Waals surface area contributed by atoms with Crippen molar-refractivity contribution in [1.82, 2.24) is 10.2 Å². The van der Waals surface area contributed by atoms with Gasteiger partial charge in [0.05, 0.1) is 12.9 Å². The molecular weight excluding hydrogens is 280 g/mol. The molecule has 0 atom stereocenters. The number of nitrogens with zero attached hydrogens (tertiary/aromatic N) is 1. The fourth-order valence-electron chi connectivity index (χ4n) is 2.38. The van der Waals surface area contributed by atoms with E-state index in [1.807, 2.05) is 36.1 Å². The van der Waals surface area contributed by atoms with Crippen LogP contribution in [0.15, 0.2) is 36.6 Å². The maximum atomic E-state index is 11.7. The fraction of sp³-hybridized carbons (Fsp3) is 0.412. The van der Waals surface area contributed by atoms with Crippen molar-refractivity contribution in [3.63, 3.8) is 0 Å². The van der Waals surface area contributed by atoms with Gasteiger partial charge in [-0.1, -0.05) is 24.3 Å². The number of likely N-dealkylation sites (tertiary alicyclic amines) is 1. The average Bonchev–Trinajstić information content (AvgIpc) is 2.91. The molecule has 1 N–H and O–H groups in total. The van der Waals surface area contributed by atoms with Crippen LogP contribution in [0.1, 0.15) is 30.9 Å². The summed E-state index contributed by atoms with van der Waals surface area (Å²) in [5.74, 6) is 0.0355. The Morgan fingerprint density at radius 3 is 2.95 bits per heavy atom. The van der Waals surface area contributed by atoms with Crippen molar-refractivity contribution in [1.29, 1.82) is 0 Å². The predicted molar refractivity (Wildman–Crippen MR) is 83.7 cm³/mol. The van der Waals surface area contributed by atoms with Gasteiger partial charge in [0.25, 0.3) is 0 Å². The van der Waals surface area contributed by atoms with Crippen LogP contribution in [0.3, 0.4) is 0 Å². The number of hydrogen-bond acceptors (Lipinski definition) is 3. The molecule has 1 aromatic rings. The lowest BCUT2D eigenvalue weighted by Gasteiger charge is -2.16. The van der Waals surface area contributed by atoms with Crippen molar-refractivity contribution in [2.75, 3.05) is 13.2 Å². The van der Waals surface area contributed by atoms with Gasteiger partial charge in [0.2, 0.25) is 11.8 Å². The van der Waals surface area contributed by atoms with E-state index in [-0.39, 0.29) is 11.8 Å². The molecule has 1 aromatic carbocycles. The van der Waals surface area contributed by atoms with E-state index in [2.05, 4.69) is 5.32 Å². The number of hydrogen-bond donors (Lipinski definition) is 1. The maximum absolute atomic E-state index is 11.7. The Bertz CT molecular complexity index is 555. The topological polar surface area (TPSA) is 58.6 Å². The van der Waals surface area contributed by atoms with Gasteiger partial charge in [0, 0.05) is 32.1 Å². The standard InChI is InChI=1S/C17H22N2O3/c1-2-22-10-8-16(20)18-12-14-5-3-6-15(11-14)13-19-9-4-7-17(19)21/h3,5-6,8,10-11H,2,4,7,9,12-13H2,1H3,(H,18,20)/b10-8+. The third kappa shape index (κ3) is 4.91. The fourth-order valence-corrected chi connectivity index (χ4v) is 2.38. The summed E-state index contributed by atoms with van der Waals surface area (Å²) in [5.41, 5.74) is 2.11. The van der Waals surface area contributed by atoms with E-state index in [0.717, 1.165) is 24.1 Å². The third-order valence-corrected chi connectivity index (χ3v) is 3.49. The molecule has 0 aliphatic carbocycles. The summed E-state index contributed by atoms with van der Waals surface area (Å²) in [4.78, 5) is 25.1. The minimum Gasteiger partial charge on any atom is -0.501 e. The Hall–Kier alpha value is -2.30. The van der Waals surface area contributed by atoms with Crippen LogP contribution in [-0.4, -0.2) is 29.9 Å². The lowest BCUT2D eigenvalue weighted by molar-refractivity contribution is -0.128. The summed E-state index contributed by atoms with van der Waals surface area (Å²) in [7, 11) is 0. The van der Waals surface area contributed by atoms with Gasteiger partial charge in [-0.05, 0) is 24.5 Å². The first-order valence-electron chi connectivity index (χ1n) is 7.60. The molecule has 2 rings (SSSR count). The molecule has 0 unspecified atom stereocenters. The number of ether oxygens (including phenoxy) is 1. The highest BCUT2D eigenvalue weighted by atomic mass is 16.5. The molecule has 0 radical (unpaired) electrons. The Balaban J connectivity index is 1.86. The van der Waals surface area contributed by atoms with Crippen LogP contribution >= 0.6 is 0 Å². The summed E-state index contributed by atoms with van der Waals surface area (Å²) in [5, 5.41) is 2.80. The second-order valence-electron chi connectivity index (χ2n) is 5.21. The smallest absolute Gasteiger partial charge is 0.247 e. The number of carbonyl (C=O) groups is 2. The Morgan fingerprint density at radius 2 is 2.23 bits per heavy atom. The highest BCUT2D eigenvalue weighted by Crippen LogP contribution is 2.15. The first kappa shape index (κ1) is 16.1. The van der Waals surface area contributed by atoms with Gasteiger partial charge in [0.1, 0.15) is 0 Å². The van der Waals surface area contributed by atoms with Crippen LogP contribution < -0.4 is 5.32 Å². The number of nitrogens with one attached hydrogen (secondary N) is 1. The van der Waals surface area contributed by atoms with Crippen LogP contribution in [0.5, 0.6) is 0 Å². The van der Waals surface area contributed by atoms with Crippen LogP contribution in [0.25, 0.3) is 0 Å². The second kappa shape index (κ2) is 8.22. The molecule has 1 fully saturated rings. The highest BCUT2D eigenvalue weighted by molar-refractivity contribution is 5.87. The monoisotopic (exact) mass is 302 g/mol. The van der Waals surface area contributed by atoms with Crippen molar-refractivity contribution in [3.8, 4) is 0 Å². The largest absolute Gasteiger partial charge is 0.501 e. The zero-order valence-electron chi connectivity index (χ0n) is 12.9. The highest BCUT2D eigenvalue weighted by Gasteiger charge is 2.19. The predicted octanol–water partition coefficient (Wildman–Crippen LogP) is 1.98. The van der Waals surface area contributed by atoms with Crippen molar-refractivity contribution < 1.29 is 14.3 Å². The molecule has 1 heterocycles. The van der Waals surface area contributed by atoms with Gasteiger partial charge in [-0.25, -0.2) is 0 Å². The lowest BCUT2D eigenvalue weighted by Crippen LogP contribution is -2.24. The molecular formula is C17H22N2O3. The second-order valence-corrected chi connectivity index (χ2v) is 5.21. The molecule has 1 aliphatic heterocycles. The molecule has 0 spiro atoms. The minimum absolute atomic E-state index is 0.187. The molecule has 5 heteroatoms. The Morgan fingerprint density at radius 1 is 1.41 bits per heavy atom. The first-order valence-corrected chi connectivity index (χ1v) is 7.60. The van der Waals surface area contributed by atoms with Crippen LogP contribution in [0, 0.1) is 0 Å². The third-order valence-electron chi connectivity index (χ3n) is 3.49. The van der Waals surface area contributed by atoms with Crippen molar-refractivity contribution in [2.24, 2.45) is 0 Å². The van der Waals surface area contributed by atoms with Crippen LogP contribution in [0.2, 0.25) is 0 Å². The SMILES string of the molecule is CCO/C=C/C(=O)NCc1cccc(CN2CCCC2=O)c1. The Labute approximate surface area is 130 Å². The first-order chi connectivity index (χ1) is 10.7. The summed E-state index contributed by atoms with van der Waals surface area (Å²) >= 11 is 0. The summed E-state index contributed by atoms with van der Waals surface area (Å²) in [6.07, 6.45) is 4.36. The Kier molecular flexibility index (Phi) is 6.01. The van der Waals surface area contributed by atoms with Gasteiger partial charge in [-0.2, -0.15) is 0 Å². The zero-order valence-corrected chi connectivity index (χ0v) is 12.9. The quantitative estimate of drug-likeness (QED) is 0.619. The van der Waals surface area contributed by atoms with Crippen LogP contribution in [-0.2, 0) is 27.4 Å². The average molecular weight is 302 g/mol. The number of amides is 2. The number of rotatable bonds is 7. The van der Waals surface area contributed by atoms with Gasteiger partial charge in [-0.3, -0.25) is 9.59 Å². The van der Waals surface area contributed by atoms with E-state index in [9.17, 15) is 9.59 Å². The molecule has 0 aromatic heterocycles. The van der Waals surface area contributed by atoms with E-state index >= 15 is 0 Å². The molecule has 2 amide bonds. The molecule has 118 valence electrons. The summed E-state index contributed by atoms with van der Waals surface area (Å²) in [6.45, 7) is 4.34. The maximum Gasteiger partial charge on any atom is 0.247 e. The van der Waals surface area contributed by atoms with E-state index in [1.165, 1.54) is 12.3 Å². The van der Waals surface area contributed by atoms with Gasteiger partial charge < -0.3 is 15.0 Å². The van der Waals surface area contributed by atoms with Crippen molar-refractivity contribution in [3.05, 3.63) is 47.7 Å². The number of carbonyl (C=O) groups excluding carboxylic acids is 2. The van der Waals surface area contributed by atoms with Gasteiger partial charge in [-0.15, -0.1) is 0 Å². The van der Waals surface area contributed by atoms with E-state index in [1.54, 1.807) is 0 Å². The van der Waals surface area contributed by atoms with Crippen molar-refractivity contribution in [2.45, 2.75) is 32.9 Å². The summed E-state index contributed by atoms with van der Waals surface area (Å²) < 4.78 is 4.98. The molecule has 22 heavy (non-hydrogen) atoms. The molecule has 5 nitrogen and oxygen atoms in total. The minimum atomic E-state index is -0.187. The zero-order chi connectivity index (χ0) is 15.8. The van der Waals surface area contributed by atoms with E-state index in [4.69, 9.17) is 4.74 Å². The van der Waals surface area contributed by atoms with Gasteiger partial charge >= 0.3 is 0 Å². The van der Waals surface area contributed by atoms with E-state index < -0.39 is 0 Å². The van der Waals surface area contributed by atoms with E-state index in [0.29, 0.717) is 26.1 Å². The van der Waals surface area contributed by atoms with Crippen molar-refractivity contribution >= 4 is 11.8 Å². The normalized spacial score (nSPS) is 14.6. The molecule has 1 saturated heterocycles. The molecule has 0 saturated carbocycles. The van der Waals surface area contributed by atoms with Crippen LogP contribution in [0.4, 0.5) is 0 Å². The molecule has 0 bridgehead atoms. The summed E-state index contributed by atoms with van der Waals surface area (Å²) in [6, 6.07) is 7.94.